The van der Waals surface area contributed by atoms with Crippen LogP contribution in [0.1, 0.15) is 36.6 Å². The van der Waals surface area contributed by atoms with Gasteiger partial charge in [0, 0.05) is 16.8 Å². The third kappa shape index (κ3) is 4.82. The number of anilines is 1. The Balaban J connectivity index is 1.64. The zero-order valence-electron chi connectivity index (χ0n) is 14.9. The lowest BCUT2D eigenvalue weighted by molar-refractivity contribution is 0.0472. The maximum atomic E-state index is 12.3. The van der Waals surface area contributed by atoms with Crippen molar-refractivity contribution >= 4 is 23.5 Å². The molecule has 28 heavy (non-hydrogen) atoms. The Kier molecular flexibility index (Phi) is 5.81. The summed E-state index contributed by atoms with van der Waals surface area (Å²) in [4.78, 5) is 35.7. The number of amides is 2. The second-order valence-corrected chi connectivity index (χ2v) is 6.04. The highest BCUT2D eigenvalue weighted by atomic mass is 16.5. The van der Waals surface area contributed by atoms with E-state index in [-0.39, 0.29) is 12.5 Å². The van der Waals surface area contributed by atoms with Crippen molar-refractivity contribution in [1.82, 2.24) is 0 Å². The second-order valence-electron chi connectivity index (χ2n) is 6.04. The average molecular weight is 374 g/mol. The number of carbonyl (C=O) groups is 3. The highest BCUT2D eigenvalue weighted by molar-refractivity contribution is 6.05. The number of ether oxygens (including phenoxy) is 1. The normalized spacial score (nSPS) is 10.1. The lowest BCUT2D eigenvalue weighted by Gasteiger charge is -2.08. The molecule has 0 atom stereocenters. The van der Waals surface area contributed by atoms with Gasteiger partial charge >= 0.3 is 5.97 Å². The van der Waals surface area contributed by atoms with E-state index in [1.807, 2.05) is 30.3 Å². The minimum atomic E-state index is -0.561. The molecular formula is C22H18N2O4. The van der Waals surface area contributed by atoms with E-state index < -0.39 is 11.9 Å². The number of hydrogen-bond acceptors (Lipinski definition) is 4. The van der Waals surface area contributed by atoms with Crippen LogP contribution in [0.2, 0.25) is 0 Å². The van der Waals surface area contributed by atoms with E-state index in [1.54, 1.807) is 24.3 Å². The Hall–Kier alpha value is -3.93. The van der Waals surface area contributed by atoms with Crippen LogP contribution in [-0.2, 0) is 11.3 Å². The van der Waals surface area contributed by atoms with Crippen LogP contribution in [0.15, 0.2) is 78.9 Å². The molecule has 140 valence electrons. The topological polar surface area (TPSA) is 98.5 Å². The molecule has 0 radical (unpaired) electrons. The van der Waals surface area contributed by atoms with Gasteiger partial charge in [0.2, 0.25) is 5.91 Å². The van der Waals surface area contributed by atoms with Crippen LogP contribution in [0.5, 0.6) is 0 Å². The highest BCUT2D eigenvalue weighted by Crippen LogP contribution is 2.15. The fraction of sp³-hybridized carbons (Fsp3) is 0.0455. The van der Waals surface area contributed by atoms with Gasteiger partial charge in [0.25, 0.3) is 5.91 Å². The third-order valence-corrected chi connectivity index (χ3v) is 4.00. The van der Waals surface area contributed by atoms with Crippen molar-refractivity contribution in [2.75, 3.05) is 5.32 Å². The van der Waals surface area contributed by atoms with E-state index in [9.17, 15) is 14.4 Å². The number of esters is 1. The minimum absolute atomic E-state index is 0.169. The van der Waals surface area contributed by atoms with Crippen LogP contribution in [0.3, 0.4) is 0 Å². The Morgan fingerprint density at radius 1 is 0.786 bits per heavy atom. The molecule has 0 spiro atoms. The number of hydrogen-bond donors (Lipinski definition) is 2. The summed E-state index contributed by atoms with van der Waals surface area (Å²) in [5, 5.41) is 2.71. The summed E-state index contributed by atoms with van der Waals surface area (Å²) in [5.74, 6) is -1.41. The van der Waals surface area contributed by atoms with Crippen LogP contribution in [0.25, 0.3) is 0 Å². The maximum Gasteiger partial charge on any atom is 0.338 e. The van der Waals surface area contributed by atoms with Crippen molar-refractivity contribution in [2.24, 2.45) is 5.73 Å². The molecule has 0 fully saturated rings. The van der Waals surface area contributed by atoms with Crippen LogP contribution >= 0.6 is 0 Å². The van der Waals surface area contributed by atoms with E-state index in [4.69, 9.17) is 10.5 Å². The molecule has 0 aliphatic heterocycles. The standard InChI is InChI=1S/C22H18N2O4/c23-20(25)16-9-11-17(12-10-16)21(26)24-19-8-4-7-18(13-19)22(27)28-14-15-5-2-1-3-6-15/h1-13H,14H2,(H2,23,25)(H,24,26). The first-order valence-electron chi connectivity index (χ1n) is 8.55. The van der Waals surface area contributed by atoms with Gasteiger partial charge < -0.3 is 15.8 Å². The highest BCUT2D eigenvalue weighted by Gasteiger charge is 2.11. The number of carbonyl (C=O) groups excluding carboxylic acids is 3. The number of rotatable bonds is 6. The molecule has 3 aromatic rings. The van der Waals surface area contributed by atoms with Crippen LogP contribution in [0.4, 0.5) is 5.69 Å². The summed E-state index contributed by atoms with van der Waals surface area (Å²) in [6, 6.07) is 21.8. The van der Waals surface area contributed by atoms with Gasteiger partial charge in [0.15, 0.2) is 0 Å². The van der Waals surface area contributed by atoms with Gasteiger partial charge in [-0.05, 0) is 48.0 Å². The zero-order valence-corrected chi connectivity index (χ0v) is 14.9. The number of nitrogens with one attached hydrogen (secondary N) is 1. The van der Waals surface area contributed by atoms with Gasteiger partial charge in [0.1, 0.15) is 6.61 Å². The van der Waals surface area contributed by atoms with Gasteiger partial charge in [-0.2, -0.15) is 0 Å². The van der Waals surface area contributed by atoms with E-state index >= 15 is 0 Å². The molecule has 0 aliphatic rings. The molecule has 6 heteroatoms. The van der Waals surface area contributed by atoms with E-state index in [1.165, 1.54) is 24.3 Å². The fourth-order valence-corrected chi connectivity index (χ4v) is 2.52. The first-order chi connectivity index (χ1) is 13.5. The minimum Gasteiger partial charge on any atom is -0.457 e. The van der Waals surface area contributed by atoms with Gasteiger partial charge in [-0.25, -0.2) is 4.79 Å². The molecule has 2 amide bonds. The molecule has 0 saturated heterocycles. The number of primary amides is 1. The SMILES string of the molecule is NC(=O)c1ccc(C(=O)Nc2cccc(C(=O)OCc3ccccc3)c2)cc1. The molecule has 0 aromatic heterocycles. The Labute approximate surface area is 161 Å². The van der Waals surface area contributed by atoms with E-state index in [0.29, 0.717) is 22.4 Å². The van der Waals surface area contributed by atoms with Gasteiger partial charge in [0.05, 0.1) is 5.56 Å². The smallest absolute Gasteiger partial charge is 0.338 e. The number of nitrogens with two attached hydrogens (primary N) is 1. The van der Waals surface area contributed by atoms with Crippen molar-refractivity contribution in [3.8, 4) is 0 Å². The molecule has 0 bridgehead atoms. The van der Waals surface area contributed by atoms with Crippen LogP contribution in [0, 0.1) is 0 Å². The second kappa shape index (κ2) is 8.64. The average Bonchev–Trinajstić information content (AvgIpc) is 2.73. The summed E-state index contributed by atoms with van der Waals surface area (Å²) in [6.45, 7) is 0.169. The Morgan fingerprint density at radius 3 is 2.14 bits per heavy atom. The molecule has 3 N–H and O–H groups in total. The molecular weight excluding hydrogens is 356 g/mol. The zero-order chi connectivity index (χ0) is 19.9. The lowest BCUT2D eigenvalue weighted by Crippen LogP contribution is -2.14. The van der Waals surface area contributed by atoms with Crippen molar-refractivity contribution in [3.05, 3.63) is 101 Å². The summed E-state index contributed by atoms with van der Waals surface area (Å²) in [6.07, 6.45) is 0. The van der Waals surface area contributed by atoms with E-state index in [2.05, 4.69) is 5.32 Å². The van der Waals surface area contributed by atoms with Crippen LogP contribution in [-0.4, -0.2) is 17.8 Å². The van der Waals surface area contributed by atoms with Crippen molar-refractivity contribution < 1.29 is 19.1 Å². The first-order valence-corrected chi connectivity index (χ1v) is 8.55. The van der Waals surface area contributed by atoms with Crippen molar-refractivity contribution in [2.45, 2.75) is 6.61 Å². The largest absolute Gasteiger partial charge is 0.457 e. The Morgan fingerprint density at radius 2 is 1.46 bits per heavy atom. The van der Waals surface area contributed by atoms with Crippen molar-refractivity contribution in [3.63, 3.8) is 0 Å². The molecule has 6 nitrogen and oxygen atoms in total. The molecule has 0 aliphatic carbocycles. The third-order valence-electron chi connectivity index (χ3n) is 4.00. The number of benzene rings is 3. The molecule has 0 heterocycles. The van der Waals surface area contributed by atoms with Crippen molar-refractivity contribution in [1.29, 1.82) is 0 Å². The molecule has 0 saturated carbocycles. The van der Waals surface area contributed by atoms with Gasteiger partial charge in [-0.15, -0.1) is 0 Å². The first kappa shape index (κ1) is 18.8. The quantitative estimate of drug-likeness (QED) is 0.646. The predicted molar refractivity (Wildman–Crippen MR) is 105 cm³/mol. The maximum absolute atomic E-state index is 12.3. The lowest BCUT2D eigenvalue weighted by atomic mass is 10.1. The Bertz CT molecular complexity index is 999. The van der Waals surface area contributed by atoms with Gasteiger partial charge in [-0.3, -0.25) is 9.59 Å². The van der Waals surface area contributed by atoms with Crippen LogP contribution < -0.4 is 11.1 Å². The molecule has 0 unspecified atom stereocenters. The predicted octanol–water partition coefficient (Wildman–Crippen LogP) is 3.39. The fourth-order valence-electron chi connectivity index (χ4n) is 2.52. The summed E-state index contributed by atoms with van der Waals surface area (Å²) in [7, 11) is 0. The summed E-state index contributed by atoms with van der Waals surface area (Å²) >= 11 is 0. The summed E-state index contributed by atoms with van der Waals surface area (Å²) < 4.78 is 5.30. The molecule has 3 rings (SSSR count). The van der Waals surface area contributed by atoms with Gasteiger partial charge in [-0.1, -0.05) is 36.4 Å². The monoisotopic (exact) mass is 374 g/mol. The van der Waals surface area contributed by atoms with E-state index in [0.717, 1.165) is 5.56 Å². The summed E-state index contributed by atoms with van der Waals surface area (Å²) in [5.41, 5.74) is 7.55. The molecule has 3 aromatic carbocycles.